The average Bonchev–Trinajstić information content (AvgIpc) is 2.69. The quantitative estimate of drug-likeness (QED) is 0.515. The Bertz CT molecular complexity index is 995. The van der Waals surface area contributed by atoms with Crippen molar-refractivity contribution in [3.05, 3.63) is 66.0 Å². The van der Waals surface area contributed by atoms with Crippen LogP contribution in [0.3, 0.4) is 0 Å². The number of aromatic nitrogens is 1. The maximum absolute atomic E-state index is 13.0. The second-order valence-electron chi connectivity index (χ2n) is 6.74. The number of anilines is 1. The van der Waals surface area contributed by atoms with Crippen molar-refractivity contribution >= 4 is 34.9 Å². The van der Waals surface area contributed by atoms with Crippen LogP contribution in [0.5, 0.6) is 0 Å². The normalized spacial score (nSPS) is 14.7. The molecule has 5 N–H and O–H groups in total. The first kappa shape index (κ1) is 17.7. The number of carbonyl (C=O) groups is 1. The van der Waals surface area contributed by atoms with Crippen LogP contribution in [-0.4, -0.2) is 36.1 Å². The summed E-state index contributed by atoms with van der Waals surface area (Å²) in [6.07, 6.45) is 4.28. The highest BCUT2D eigenvalue weighted by Crippen LogP contribution is 2.24. The Hall–Kier alpha value is -2.74. The molecule has 1 atom stereocenters. The van der Waals surface area contributed by atoms with E-state index < -0.39 is 13.0 Å². The van der Waals surface area contributed by atoms with E-state index in [1.165, 1.54) is 0 Å². The Morgan fingerprint density at radius 1 is 1.30 bits per heavy atom. The Labute approximate surface area is 157 Å². The SMILES string of the molecule is NCC(C(=O)Nc1ccc2cnccc2c1)c1cccc2c1CCNB2O. The molecule has 6 nitrogen and oxygen atoms in total. The summed E-state index contributed by atoms with van der Waals surface area (Å²) in [5.74, 6) is -0.620. The van der Waals surface area contributed by atoms with Gasteiger partial charge in [0.2, 0.25) is 5.91 Å². The number of nitrogens with zero attached hydrogens (tertiary/aromatic N) is 1. The van der Waals surface area contributed by atoms with Crippen LogP contribution in [0.25, 0.3) is 10.8 Å². The Balaban J connectivity index is 1.62. The lowest BCUT2D eigenvalue weighted by Gasteiger charge is -2.25. The highest BCUT2D eigenvalue weighted by Gasteiger charge is 2.29. The molecule has 27 heavy (non-hydrogen) atoms. The number of hydrogen-bond donors (Lipinski definition) is 4. The number of carbonyl (C=O) groups excluding carboxylic acids is 1. The van der Waals surface area contributed by atoms with Gasteiger partial charge >= 0.3 is 7.05 Å². The first-order valence-electron chi connectivity index (χ1n) is 9.05. The number of rotatable bonds is 4. The molecule has 0 spiro atoms. The van der Waals surface area contributed by atoms with Crippen LogP contribution in [0, 0.1) is 0 Å². The van der Waals surface area contributed by atoms with Gasteiger partial charge in [0.1, 0.15) is 0 Å². The van der Waals surface area contributed by atoms with E-state index in [1.54, 1.807) is 12.4 Å². The molecular weight excluding hydrogens is 339 g/mol. The fourth-order valence-corrected chi connectivity index (χ4v) is 3.70. The Morgan fingerprint density at radius 3 is 3.04 bits per heavy atom. The minimum atomic E-state index is -0.704. The van der Waals surface area contributed by atoms with Crippen LogP contribution >= 0.6 is 0 Å². The van der Waals surface area contributed by atoms with Gasteiger partial charge in [-0.2, -0.15) is 0 Å². The van der Waals surface area contributed by atoms with Crippen LogP contribution < -0.4 is 21.7 Å². The maximum atomic E-state index is 13.0. The first-order chi connectivity index (χ1) is 13.2. The zero-order valence-corrected chi connectivity index (χ0v) is 14.9. The van der Waals surface area contributed by atoms with E-state index >= 15 is 0 Å². The van der Waals surface area contributed by atoms with E-state index in [0.717, 1.165) is 39.5 Å². The van der Waals surface area contributed by atoms with E-state index in [4.69, 9.17) is 5.73 Å². The Kier molecular flexibility index (Phi) is 4.89. The standard InChI is InChI=1S/C20H21BN4O2/c22-11-18(16-2-1-3-19-17(16)7-9-24-21(19)27)20(26)25-15-5-4-14-12-23-8-6-13(14)10-15/h1-6,8,10,12,18,24,27H,7,9,11,22H2,(H,25,26). The molecule has 0 bridgehead atoms. The molecule has 0 radical (unpaired) electrons. The van der Waals surface area contributed by atoms with Crippen molar-refractivity contribution in [3.8, 4) is 0 Å². The highest BCUT2D eigenvalue weighted by atomic mass is 16.2. The zero-order valence-electron chi connectivity index (χ0n) is 14.9. The first-order valence-corrected chi connectivity index (χ1v) is 9.05. The second kappa shape index (κ2) is 7.48. The van der Waals surface area contributed by atoms with Gasteiger partial charge in [-0.3, -0.25) is 9.78 Å². The molecule has 7 heteroatoms. The summed E-state index contributed by atoms with van der Waals surface area (Å²) < 4.78 is 0. The summed E-state index contributed by atoms with van der Waals surface area (Å²) in [5, 5.41) is 18.2. The summed E-state index contributed by atoms with van der Waals surface area (Å²) in [5.41, 5.74) is 9.42. The van der Waals surface area contributed by atoms with Crippen molar-refractivity contribution in [2.45, 2.75) is 12.3 Å². The van der Waals surface area contributed by atoms with Gasteiger partial charge in [0, 0.05) is 30.0 Å². The third-order valence-corrected chi connectivity index (χ3v) is 5.09. The molecule has 0 fully saturated rings. The molecule has 0 aliphatic carbocycles. The van der Waals surface area contributed by atoms with E-state index in [2.05, 4.69) is 15.5 Å². The third-order valence-electron chi connectivity index (χ3n) is 5.09. The van der Waals surface area contributed by atoms with Crippen molar-refractivity contribution in [2.24, 2.45) is 5.73 Å². The monoisotopic (exact) mass is 360 g/mol. The van der Waals surface area contributed by atoms with Gasteiger partial charge < -0.3 is 21.3 Å². The van der Waals surface area contributed by atoms with E-state index in [1.807, 2.05) is 42.5 Å². The summed E-state index contributed by atoms with van der Waals surface area (Å²) >= 11 is 0. The van der Waals surface area contributed by atoms with Crippen molar-refractivity contribution < 1.29 is 9.82 Å². The topological polar surface area (TPSA) is 100 Å². The van der Waals surface area contributed by atoms with Crippen LogP contribution in [0.2, 0.25) is 0 Å². The largest absolute Gasteiger partial charge is 0.433 e. The van der Waals surface area contributed by atoms with E-state index in [-0.39, 0.29) is 12.5 Å². The van der Waals surface area contributed by atoms with Crippen LogP contribution in [-0.2, 0) is 11.2 Å². The lowest BCUT2D eigenvalue weighted by molar-refractivity contribution is -0.117. The van der Waals surface area contributed by atoms with Crippen molar-refractivity contribution in [1.29, 1.82) is 0 Å². The molecule has 1 amide bonds. The summed E-state index contributed by atoms with van der Waals surface area (Å²) in [6, 6.07) is 13.3. The molecule has 1 unspecified atom stereocenters. The lowest BCUT2D eigenvalue weighted by atomic mass is 9.66. The molecule has 1 aromatic heterocycles. The minimum absolute atomic E-state index is 0.146. The smallest absolute Gasteiger partial charge is 0.413 e. The molecule has 0 saturated carbocycles. The summed E-state index contributed by atoms with van der Waals surface area (Å²) in [6.45, 7) is 0.867. The molecule has 1 aliphatic rings. The van der Waals surface area contributed by atoms with Crippen molar-refractivity contribution in [1.82, 2.24) is 10.2 Å². The number of fused-ring (bicyclic) bond motifs is 2. The number of benzene rings is 2. The molecule has 3 aromatic rings. The van der Waals surface area contributed by atoms with E-state index in [9.17, 15) is 9.82 Å². The molecule has 2 heterocycles. The molecule has 136 valence electrons. The summed E-state index contributed by atoms with van der Waals surface area (Å²) in [7, 11) is -0.704. The average molecular weight is 360 g/mol. The van der Waals surface area contributed by atoms with Gasteiger partial charge in [-0.05, 0) is 53.1 Å². The number of hydrogen-bond acceptors (Lipinski definition) is 5. The second-order valence-corrected chi connectivity index (χ2v) is 6.74. The van der Waals surface area contributed by atoms with Gasteiger partial charge in [-0.1, -0.05) is 24.3 Å². The molecular formula is C20H21BN4O2. The third kappa shape index (κ3) is 3.44. The van der Waals surface area contributed by atoms with Gasteiger partial charge in [-0.25, -0.2) is 0 Å². The minimum Gasteiger partial charge on any atom is -0.433 e. The molecule has 4 rings (SSSR count). The zero-order chi connectivity index (χ0) is 18.8. The van der Waals surface area contributed by atoms with Crippen molar-refractivity contribution in [2.75, 3.05) is 18.4 Å². The van der Waals surface area contributed by atoms with Crippen molar-refractivity contribution in [3.63, 3.8) is 0 Å². The predicted molar refractivity (Wildman–Crippen MR) is 108 cm³/mol. The maximum Gasteiger partial charge on any atom is 0.413 e. The fraction of sp³-hybridized carbons (Fsp3) is 0.200. The predicted octanol–water partition coefficient (Wildman–Crippen LogP) is 0.749. The number of pyridine rings is 1. The Morgan fingerprint density at radius 2 is 2.19 bits per heavy atom. The number of amides is 1. The molecule has 2 aromatic carbocycles. The van der Waals surface area contributed by atoms with Crippen LogP contribution in [0.1, 0.15) is 17.0 Å². The summed E-state index contributed by atoms with van der Waals surface area (Å²) in [4.78, 5) is 17.1. The lowest BCUT2D eigenvalue weighted by Crippen LogP contribution is -2.52. The van der Waals surface area contributed by atoms with Gasteiger partial charge in [0.05, 0.1) is 5.92 Å². The van der Waals surface area contributed by atoms with Gasteiger partial charge in [0.15, 0.2) is 0 Å². The van der Waals surface area contributed by atoms with Crippen LogP contribution in [0.4, 0.5) is 5.69 Å². The van der Waals surface area contributed by atoms with Gasteiger partial charge in [0.25, 0.3) is 0 Å². The van der Waals surface area contributed by atoms with Crippen LogP contribution in [0.15, 0.2) is 54.9 Å². The molecule has 0 saturated heterocycles. The fourth-order valence-electron chi connectivity index (χ4n) is 3.70. The van der Waals surface area contributed by atoms with E-state index in [0.29, 0.717) is 6.54 Å². The number of nitrogens with two attached hydrogens (primary N) is 1. The van der Waals surface area contributed by atoms with Gasteiger partial charge in [-0.15, -0.1) is 0 Å². The molecule has 1 aliphatic heterocycles. The number of nitrogens with one attached hydrogen (secondary N) is 2. The highest BCUT2D eigenvalue weighted by molar-refractivity contribution is 6.64.